The summed E-state index contributed by atoms with van der Waals surface area (Å²) in [5, 5.41) is -0.753. The lowest BCUT2D eigenvalue weighted by atomic mass is 10.0. The van der Waals surface area contributed by atoms with Crippen molar-refractivity contribution < 1.29 is 27.5 Å². The van der Waals surface area contributed by atoms with Crippen LogP contribution in [0.2, 0.25) is 5.02 Å². The van der Waals surface area contributed by atoms with Crippen molar-refractivity contribution in [3.63, 3.8) is 0 Å². The first-order chi connectivity index (χ1) is 9.84. The van der Waals surface area contributed by atoms with Crippen LogP contribution >= 0.6 is 11.6 Å². The Morgan fingerprint density at radius 1 is 1.19 bits per heavy atom. The first kappa shape index (κ1) is 17.2. The van der Waals surface area contributed by atoms with Gasteiger partial charge >= 0.3 is 5.97 Å². The van der Waals surface area contributed by atoms with Crippen molar-refractivity contribution in [2.24, 2.45) is 0 Å². The Labute approximate surface area is 124 Å². The van der Waals surface area contributed by atoms with Crippen LogP contribution in [0, 0.1) is 17.5 Å². The molecule has 1 rings (SSSR count). The summed E-state index contributed by atoms with van der Waals surface area (Å²) in [7, 11) is 0. The summed E-state index contributed by atoms with van der Waals surface area (Å²) in [6.45, 7) is 3.18. The van der Waals surface area contributed by atoms with Gasteiger partial charge in [0.25, 0.3) is 0 Å². The van der Waals surface area contributed by atoms with E-state index in [4.69, 9.17) is 11.6 Å². The number of hydrogen-bond donors (Lipinski definition) is 0. The minimum atomic E-state index is -1.87. The van der Waals surface area contributed by atoms with Crippen molar-refractivity contribution in [3.8, 4) is 0 Å². The van der Waals surface area contributed by atoms with Crippen LogP contribution in [0.3, 0.4) is 0 Å². The molecule has 0 aliphatic rings. The molecule has 0 atom stereocenters. The Morgan fingerprint density at radius 3 is 2.33 bits per heavy atom. The molecule has 0 saturated carbocycles. The highest BCUT2D eigenvalue weighted by molar-refractivity contribution is 6.32. The number of hydrogen-bond acceptors (Lipinski definition) is 3. The Morgan fingerprint density at radius 2 is 1.81 bits per heavy atom. The van der Waals surface area contributed by atoms with Gasteiger partial charge in [-0.3, -0.25) is 4.79 Å². The zero-order valence-electron chi connectivity index (χ0n) is 11.3. The molecule has 3 nitrogen and oxygen atoms in total. The van der Waals surface area contributed by atoms with Gasteiger partial charge in [-0.2, -0.15) is 0 Å². The van der Waals surface area contributed by atoms with Crippen LogP contribution in [0.5, 0.6) is 0 Å². The highest BCUT2D eigenvalue weighted by Gasteiger charge is 2.27. The van der Waals surface area contributed by atoms with Gasteiger partial charge in [0, 0.05) is 0 Å². The number of ketones is 1. The lowest BCUT2D eigenvalue weighted by molar-refractivity contribution is -0.138. The first-order valence-electron chi connectivity index (χ1n) is 6.10. The molecule has 0 amide bonds. The van der Waals surface area contributed by atoms with Gasteiger partial charge in [-0.1, -0.05) is 24.6 Å². The summed E-state index contributed by atoms with van der Waals surface area (Å²) in [5.41, 5.74) is -1.29. The molecule has 0 fully saturated rings. The fraction of sp³-hybridized carbons (Fsp3) is 0.286. The molecule has 0 aromatic heterocycles. The van der Waals surface area contributed by atoms with E-state index in [0.717, 1.165) is 0 Å². The highest BCUT2D eigenvalue weighted by atomic mass is 35.5. The van der Waals surface area contributed by atoms with Crippen LogP contribution in [0.25, 0.3) is 0 Å². The lowest BCUT2D eigenvalue weighted by Gasteiger charge is -2.08. The van der Waals surface area contributed by atoms with E-state index in [9.17, 15) is 22.8 Å². The smallest absolute Gasteiger partial charge is 0.341 e. The summed E-state index contributed by atoms with van der Waals surface area (Å²) in [5.74, 6) is -7.25. The molecule has 0 spiro atoms. The van der Waals surface area contributed by atoms with Gasteiger partial charge in [0.1, 0.15) is 5.57 Å². The van der Waals surface area contributed by atoms with Crippen LogP contribution in [0.4, 0.5) is 13.2 Å². The summed E-state index contributed by atoms with van der Waals surface area (Å²) >= 11 is 5.39. The molecule has 21 heavy (non-hydrogen) atoms. The number of carbonyl (C=O) groups excluding carboxylic acids is 2. The SMILES string of the molecule is CCC=C(C(=O)OCC)C(=O)c1cc(Cl)c(F)c(F)c1F. The van der Waals surface area contributed by atoms with E-state index in [1.54, 1.807) is 6.92 Å². The van der Waals surface area contributed by atoms with E-state index in [0.29, 0.717) is 12.5 Å². The third-order valence-electron chi connectivity index (χ3n) is 2.50. The lowest BCUT2D eigenvalue weighted by Crippen LogP contribution is -2.18. The number of ether oxygens (including phenoxy) is 1. The number of carbonyl (C=O) groups is 2. The minimum absolute atomic E-state index is 0.00812. The van der Waals surface area contributed by atoms with Gasteiger partial charge in [0.15, 0.2) is 17.5 Å². The van der Waals surface area contributed by atoms with Crippen LogP contribution in [0.1, 0.15) is 30.6 Å². The fourth-order valence-corrected chi connectivity index (χ4v) is 1.76. The minimum Gasteiger partial charge on any atom is -0.462 e. The van der Waals surface area contributed by atoms with E-state index in [1.807, 2.05) is 0 Å². The average molecular weight is 321 g/mol. The van der Waals surface area contributed by atoms with Crippen molar-refractivity contribution in [3.05, 3.63) is 45.8 Å². The number of benzene rings is 1. The van der Waals surface area contributed by atoms with Gasteiger partial charge in [-0.25, -0.2) is 18.0 Å². The standard InChI is InChI=1S/C14H12ClF3O3/c1-3-5-7(14(20)21-4-2)13(19)8-6-9(15)11(17)12(18)10(8)16/h5-6H,3-4H2,1-2H3. The molecule has 0 heterocycles. The van der Waals surface area contributed by atoms with E-state index in [1.165, 1.54) is 13.0 Å². The van der Waals surface area contributed by atoms with Gasteiger partial charge in [0.05, 0.1) is 17.2 Å². The molecule has 0 aliphatic carbocycles. The third kappa shape index (κ3) is 3.64. The largest absolute Gasteiger partial charge is 0.462 e. The van der Waals surface area contributed by atoms with E-state index in [-0.39, 0.29) is 6.61 Å². The molecule has 0 unspecified atom stereocenters. The van der Waals surface area contributed by atoms with Crippen molar-refractivity contribution in [1.82, 2.24) is 0 Å². The molecule has 0 N–H and O–H groups in total. The molecule has 1 aromatic carbocycles. The second-order valence-corrected chi connectivity index (χ2v) is 4.33. The summed E-state index contributed by atoms with van der Waals surface area (Å²) < 4.78 is 44.7. The van der Waals surface area contributed by atoms with Crippen molar-refractivity contribution in [2.75, 3.05) is 6.61 Å². The van der Waals surface area contributed by atoms with Crippen molar-refractivity contribution in [1.29, 1.82) is 0 Å². The summed E-state index contributed by atoms with van der Waals surface area (Å²) in [6, 6.07) is 0.639. The number of allylic oxidation sites excluding steroid dienone is 1. The zero-order chi connectivity index (χ0) is 16.2. The maximum atomic E-state index is 13.7. The van der Waals surface area contributed by atoms with E-state index in [2.05, 4.69) is 4.74 Å². The number of esters is 1. The molecule has 0 bridgehead atoms. The monoisotopic (exact) mass is 320 g/mol. The summed E-state index contributed by atoms with van der Waals surface area (Å²) in [4.78, 5) is 23.8. The second kappa shape index (κ2) is 7.26. The number of Topliss-reactive ketones (excluding diaryl/α,β-unsaturated/α-hetero) is 1. The second-order valence-electron chi connectivity index (χ2n) is 3.92. The molecule has 114 valence electrons. The normalized spacial score (nSPS) is 11.4. The van der Waals surface area contributed by atoms with Crippen LogP contribution in [-0.4, -0.2) is 18.4 Å². The molecule has 0 saturated heterocycles. The van der Waals surface area contributed by atoms with Crippen LogP contribution in [-0.2, 0) is 9.53 Å². The van der Waals surface area contributed by atoms with Crippen LogP contribution in [0.15, 0.2) is 17.7 Å². The fourth-order valence-electron chi connectivity index (χ4n) is 1.56. The zero-order valence-corrected chi connectivity index (χ0v) is 12.1. The predicted molar refractivity (Wildman–Crippen MR) is 70.7 cm³/mol. The Kier molecular flexibility index (Phi) is 5.96. The van der Waals surface area contributed by atoms with E-state index >= 15 is 0 Å². The van der Waals surface area contributed by atoms with Gasteiger partial charge < -0.3 is 4.74 Å². The van der Waals surface area contributed by atoms with Gasteiger partial charge in [-0.15, -0.1) is 0 Å². The van der Waals surface area contributed by atoms with Crippen molar-refractivity contribution >= 4 is 23.4 Å². The Balaban J connectivity index is 3.35. The molecule has 7 heteroatoms. The molecule has 1 aromatic rings. The molecule has 0 aliphatic heterocycles. The van der Waals surface area contributed by atoms with Crippen LogP contribution < -0.4 is 0 Å². The Hall–Kier alpha value is -1.82. The Bertz CT molecular complexity index is 612. The first-order valence-corrected chi connectivity index (χ1v) is 6.47. The number of halogens is 4. The maximum Gasteiger partial charge on any atom is 0.341 e. The maximum absolute atomic E-state index is 13.7. The van der Waals surface area contributed by atoms with Gasteiger partial charge in [0.2, 0.25) is 5.78 Å². The average Bonchev–Trinajstić information content (AvgIpc) is 2.45. The number of rotatable bonds is 5. The topological polar surface area (TPSA) is 43.4 Å². The van der Waals surface area contributed by atoms with Crippen molar-refractivity contribution in [2.45, 2.75) is 20.3 Å². The predicted octanol–water partition coefficient (Wildman–Crippen LogP) is 3.84. The molecular formula is C14H12ClF3O3. The highest BCUT2D eigenvalue weighted by Crippen LogP contribution is 2.25. The van der Waals surface area contributed by atoms with E-state index < -0.39 is 45.4 Å². The molecule has 0 radical (unpaired) electrons. The van der Waals surface area contributed by atoms with Gasteiger partial charge in [-0.05, 0) is 19.4 Å². The molecular weight excluding hydrogens is 309 g/mol. The third-order valence-corrected chi connectivity index (χ3v) is 2.77. The quantitative estimate of drug-likeness (QED) is 0.157. The summed E-state index contributed by atoms with van der Waals surface area (Å²) in [6.07, 6.45) is 1.51.